The number of amides is 2. The van der Waals surface area contributed by atoms with Crippen molar-refractivity contribution < 1.29 is 14.3 Å². The largest absolute Gasteiger partial charge is 0.383 e. The third kappa shape index (κ3) is 4.45. The Kier molecular flexibility index (Phi) is 5.97. The van der Waals surface area contributed by atoms with Gasteiger partial charge in [0.25, 0.3) is 11.8 Å². The number of ether oxygens (including phenoxy) is 1. The van der Waals surface area contributed by atoms with E-state index in [0.29, 0.717) is 35.9 Å². The van der Waals surface area contributed by atoms with Gasteiger partial charge in [0.1, 0.15) is 0 Å². The van der Waals surface area contributed by atoms with Gasteiger partial charge in [0.2, 0.25) is 0 Å². The molecule has 3 aromatic rings. The average molecular weight is 424 g/mol. The summed E-state index contributed by atoms with van der Waals surface area (Å²) in [6.45, 7) is 0.808. The highest BCUT2D eigenvalue weighted by molar-refractivity contribution is 6.34. The van der Waals surface area contributed by atoms with E-state index in [4.69, 9.17) is 21.3 Å². The molecule has 0 saturated heterocycles. The lowest BCUT2D eigenvalue weighted by Gasteiger charge is -2.12. The molecule has 1 saturated carbocycles. The molecule has 2 N–H and O–H groups in total. The molecular weight excluding hydrogens is 402 g/mol. The Balaban J connectivity index is 1.56. The zero-order valence-electron chi connectivity index (χ0n) is 16.6. The van der Waals surface area contributed by atoms with Crippen LogP contribution in [-0.4, -0.2) is 37.1 Å². The Labute approximate surface area is 179 Å². The van der Waals surface area contributed by atoms with Gasteiger partial charge in [-0.25, -0.2) is 0 Å². The van der Waals surface area contributed by atoms with Gasteiger partial charge in [0.05, 0.1) is 28.3 Å². The van der Waals surface area contributed by atoms with Crippen molar-refractivity contribution in [1.82, 2.24) is 10.3 Å². The van der Waals surface area contributed by atoms with E-state index in [0.717, 1.165) is 29.4 Å². The SMILES string of the molecule is COCCNC(=O)c1ccc(NC(=O)c2cc(C3CC3)nc3ccccc23)cc1Cl. The second-order valence-electron chi connectivity index (χ2n) is 7.28. The number of para-hydroxylation sites is 1. The van der Waals surface area contributed by atoms with Crippen LogP contribution in [0.2, 0.25) is 5.02 Å². The number of pyridine rings is 1. The van der Waals surface area contributed by atoms with Gasteiger partial charge in [-0.15, -0.1) is 0 Å². The van der Waals surface area contributed by atoms with Gasteiger partial charge in [-0.1, -0.05) is 29.8 Å². The van der Waals surface area contributed by atoms with Crippen molar-refractivity contribution in [3.8, 4) is 0 Å². The standard InChI is InChI=1S/C23H22ClN3O3/c1-30-11-10-25-22(28)17-9-8-15(12-19(17)24)26-23(29)18-13-21(14-6-7-14)27-20-5-3-2-4-16(18)20/h2-5,8-9,12-14H,6-7,10-11H2,1H3,(H,25,28)(H,26,29). The summed E-state index contributed by atoms with van der Waals surface area (Å²) in [4.78, 5) is 30.0. The molecule has 0 unspecified atom stereocenters. The van der Waals surface area contributed by atoms with Crippen LogP contribution in [0.25, 0.3) is 10.9 Å². The van der Waals surface area contributed by atoms with Crippen LogP contribution in [0.1, 0.15) is 45.2 Å². The third-order valence-electron chi connectivity index (χ3n) is 5.04. The highest BCUT2D eigenvalue weighted by Crippen LogP contribution is 2.40. The van der Waals surface area contributed by atoms with Gasteiger partial charge in [-0.2, -0.15) is 0 Å². The first-order valence-corrected chi connectivity index (χ1v) is 10.2. The summed E-state index contributed by atoms with van der Waals surface area (Å²) < 4.78 is 4.92. The highest BCUT2D eigenvalue weighted by Gasteiger charge is 2.27. The van der Waals surface area contributed by atoms with Crippen molar-refractivity contribution in [2.24, 2.45) is 0 Å². The van der Waals surface area contributed by atoms with Crippen LogP contribution in [0, 0.1) is 0 Å². The van der Waals surface area contributed by atoms with Crippen LogP contribution >= 0.6 is 11.6 Å². The Bertz CT molecular complexity index is 1110. The number of carbonyl (C=O) groups excluding carboxylic acids is 2. The molecule has 0 radical (unpaired) electrons. The lowest BCUT2D eigenvalue weighted by molar-refractivity contribution is 0.0937. The third-order valence-corrected chi connectivity index (χ3v) is 5.35. The number of anilines is 1. The molecule has 1 heterocycles. The van der Waals surface area contributed by atoms with E-state index in [-0.39, 0.29) is 16.8 Å². The summed E-state index contributed by atoms with van der Waals surface area (Å²) >= 11 is 6.28. The predicted octanol–water partition coefficient (Wildman–Crippen LogP) is 4.39. The molecule has 2 amide bonds. The van der Waals surface area contributed by atoms with Gasteiger partial charge in [-0.3, -0.25) is 14.6 Å². The van der Waals surface area contributed by atoms with Crippen molar-refractivity contribution in [2.45, 2.75) is 18.8 Å². The second-order valence-corrected chi connectivity index (χ2v) is 7.69. The summed E-state index contributed by atoms with van der Waals surface area (Å²) in [7, 11) is 1.57. The first kappa shape index (κ1) is 20.3. The second kappa shape index (κ2) is 8.81. The lowest BCUT2D eigenvalue weighted by Crippen LogP contribution is -2.27. The van der Waals surface area contributed by atoms with Gasteiger partial charge < -0.3 is 15.4 Å². The molecule has 2 aromatic carbocycles. The zero-order valence-corrected chi connectivity index (χ0v) is 17.3. The average Bonchev–Trinajstić information content (AvgIpc) is 3.58. The molecule has 154 valence electrons. The molecule has 4 rings (SSSR count). The summed E-state index contributed by atoms with van der Waals surface area (Å²) in [5.74, 6) is -0.0838. The first-order valence-electron chi connectivity index (χ1n) is 9.84. The summed E-state index contributed by atoms with van der Waals surface area (Å²) in [5.41, 5.74) is 3.22. The first-order chi connectivity index (χ1) is 14.6. The summed E-state index contributed by atoms with van der Waals surface area (Å²) in [6, 6.07) is 14.4. The van der Waals surface area contributed by atoms with Gasteiger partial charge in [-0.05, 0) is 43.2 Å². The monoisotopic (exact) mass is 423 g/mol. The molecule has 1 aromatic heterocycles. The quantitative estimate of drug-likeness (QED) is 0.552. The number of carbonyl (C=O) groups is 2. The molecule has 1 aliphatic carbocycles. The van der Waals surface area contributed by atoms with E-state index in [1.807, 2.05) is 30.3 Å². The number of benzene rings is 2. The molecule has 0 spiro atoms. The molecule has 6 nitrogen and oxygen atoms in total. The highest BCUT2D eigenvalue weighted by atomic mass is 35.5. The molecule has 1 fully saturated rings. The van der Waals surface area contributed by atoms with Crippen LogP contribution in [0.5, 0.6) is 0 Å². The number of hydrogen-bond acceptors (Lipinski definition) is 4. The molecule has 0 bridgehead atoms. The Morgan fingerprint density at radius 3 is 2.63 bits per heavy atom. The van der Waals surface area contributed by atoms with E-state index in [2.05, 4.69) is 10.6 Å². The number of nitrogens with one attached hydrogen (secondary N) is 2. The fourth-order valence-corrected chi connectivity index (χ4v) is 3.58. The maximum atomic E-state index is 13.1. The molecule has 0 atom stereocenters. The minimum absolute atomic E-state index is 0.233. The van der Waals surface area contributed by atoms with Crippen molar-refractivity contribution in [1.29, 1.82) is 0 Å². The van der Waals surface area contributed by atoms with Crippen LogP contribution in [0.15, 0.2) is 48.5 Å². The van der Waals surface area contributed by atoms with E-state index in [9.17, 15) is 9.59 Å². The normalized spacial score (nSPS) is 13.3. The van der Waals surface area contributed by atoms with Crippen molar-refractivity contribution >= 4 is 40.0 Å². The minimum Gasteiger partial charge on any atom is -0.383 e. The fraction of sp³-hybridized carbons (Fsp3) is 0.261. The van der Waals surface area contributed by atoms with Crippen molar-refractivity contribution in [2.75, 3.05) is 25.6 Å². The van der Waals surface area contributed by atoms with Gasteiger partial charge in [0.15, 0.2) is 0 Å². The Morgan fingerprint density at radius 1 is 1.10 bits per heavy atom. The topological polar surface area (TPSA) is 80.3 Å². The zero-order chi connectivity index (χ0) is 21.1. The summed E-state index contributed by atoms with van der Waals surface area (Å²) in [5, 5.41) is 6.69. The number of halogens is 1. The molecule has 1 aliphatic rings. The molecular formula is C23H22ClN3O3. The van der Waals surface area contributed by atoms with Crippen LogP contribution in [0.3, 0.4) is 0 Å². The number of methoxy groups -OCH3 is 1. The summed E-state index contributed by atoms with van der Waals surface area (Å²) in [6.07, 6.45) is 2.21. The Hall–Kier alpha value is -2.96. The van der Waals surface area contributed by atoms with E-state index in [1.54, 1.807) is 25.3 Å². The number of fused-ring (bicyclic) bond motifs is 1. The van der Waals surface area contributed by atoms with E-state index in [1.165, 1.54) is 0 Å². The van der Waals surface area contributed by atoms with Crippen LogP contribution < -0.4 is 10.6 Å². The minimum atomic E-state index is -0.288. The number of hydrogen-bond donors (Lipinski definition) is 2. The van der Waals surface area contributed by atoms with Gasteiger partial charge >= 0.3 is 0 Å². The molecule has 0 aliphatic heterocycles. The molecule has 30 heavy (non-hydrogen) atoms. The fourth-order valence-electron chi connectivity index (χ4n) is 3.31. The van der Waals surface area contributed by atoms with Crippen LogP contribution in [-0.2, 0) is 4.74 Å². The maximum absolute atomic E-state index is 13.1. The Morgan fingerprint density at radius 2 is 1.90 bits per heavy atom. The number of rotatable bonds is 7. The maximum Gasteiger partial charge on any atom is 0.256 e. The smallest absolute Gasteiger partial charge is 0.256 e. The molecule has 7 heteroatoms. The lowest BCUT2D eigenvalue weighted by atomic mass is 10.0. The van der Waals surface area contributed by atoms with Crippen molar-refractivity contribution in [3.05, 3.63) is 70.4 Å². The predicted molar refractivity (Wildman–Crippen MR) is 117 cm³/mol. The van der Waals surface area contributed by atoms with E-state index < -0.39 is 0 Å². The number of aromatic nitrogens is 1. The van der Waals surface area contributed by atoms with E-state index >= 15 is 0 Å². The van der Waals surface area contributed by atoms with Crippen LogP contribution in [0.4, 0.5) is 5.69 Å². The van der Waals surface area contributed by atoms with Crippen molar-refractivity contribution in [3.63, 3.8) is 0 Å². The van der Waals surface area contributed by atoms with Gasteiger partial charge in [0, 0.05) is 36.3 Å². The number of nitrogens with zero attached hydrogens (tertiary/aromatic N) is 1.